The lowest BCUT2D eigenvalue weighted by Crippen LogP contribution is -2.43. The Bertz CT molecular complexity index is 786. The van der Waals surface area contributed by atoms with Crippen LogP contribution >= 0.6 is 11.3 Å². The van der Waals surface area contributed by atoms with Gasteiger partial charge in [0.25, 0.3) is 5.91 Å². The van der Waals surface area contributed by atoms with E-state index >= 15 is 0 Å². The number of ketones is 1. The van der Waals surface area contributed by atoms with E-state index in [2.05, 4.69) is 5.32 Å². The van der Waals surface area contributed by atoms with Gasteiger partial charge < -0.3 is 10.2 Å². The number of carbonyl (C=O) groups excluding carboxylic acids is 3. The van der Waals surface area contributed by atoms with E-state index in [9.17, 15) is 14.4 Å². The molecule has 1 fully saturated rings. The van der Waals surface area contributed by atoms with Crippen LogP contribution in [0.5, 0.6) is 0 Å². The Kier molecular flexibility index (Phi) is 5.28. The van der Waals surface area contributed by atoms with Crippen molar-refractivity contribution in [1.29, 1.82) is 0 Å². The maximum absolute atomic E-state index is 12.6. The lowest BCUT2D eigenvalue weighted by molar-refractivity contribution is -0.121. The molecule has 3 rings (SSSR count). The Morgan fingerprint density at radius 2 is 2.04 bits per heavy atom. The molecule has 5 nitrogen and oxygen atoms in total. The number of nitrogens with one attached hydrogen (secondary N) is 1. The molecule has 0 spiro atoms. The maximum atomic E-state index is 12.6. The van der Waals surface area contributed by atoms with Crippen molar-refractivity contribution >= 4 is 34.6 Å². The highest BCUT2D eigenvalue weighted by Gasteiger charge is 2.29. The highest BCUT2D eigenvalue weighted by Crippen LogP contribution is 2.22. The van der Waals surface area contributed by atoms with E-state index < -0.39 is 0 Å². The molecule has 1 saturated heterocycles. The number of rotatable bonds is 4. The largest absolute Gasteiger partial charge is 0.337 e. The SMILES string of the molecule is CC(=O)c1cccc(NC(=O)[C@H]2CCCN(C(=O)c3cccs3)C2)c1. The van der Waals surface area contributed by atoms with Gasteiger partial charge in [-0.05, 0) is 43.3 Å². The molecule has 0 unspecified atom stereocenters. The third-order valence-electron chi connectivity index (χ3n) is 4.35. The Morgan fingerprint density at radius 3 is 2.76 bits per heavy atom. The van der Waals surface area contributed by atoms with E-state index in [1.807, 2.05) is 17.5 Å². The number of amides is 2. The van der Waals surface area contributed by atoms with Crippen LogP contribution < -0.4 is 5.32 Å². The second kappa shape index (κ2) is 7.61. The summed E-state index contributed by atoms with van der Waals surface area (Å²) in [4.78, 5) is 39.0. The molecule has 1 aromatic heterocycles. The predicted molar refractivity (Wildman–Crippen MR) is 98.0 cm³/mol. The first-order chi connectivity index (χ1) is 12.0. The second-order valence-electron chi connectivity index (χ2n) is 6.19. The molecule has 130 valence electrons. The number of hydrogen-bond acceptors (Lipinski definition) is 4. The lowest BCUT2D eigenvalue weighted by Gasteiger charge is -2.31. The zero-order valence-corrected chi connectivity index (χ0v) is 14.8. The molecule has 1 N–H and O–H groups in total. The number of piperidine rings is 1. The number of nitrogens with zero attached hydrogens (tertiary/aromatic N) is 1. The smallest absolute Gasteiger partial charge is 0.263 e. The van der Waals surface area contributed by atoms with Crippen molar-refractivity contribution in [2.24, 2.45) is 5.92 Å². The van der Waals surface area contributed by atoms with Crippen LogP contribution in [0.4, 0.5) is 5.69 Å². The fourth-order valence-corrected chi connectivity index (χ4v) is 3.68. The van der Waals surface area contributed by atoms with E-state index in [-0.39, 0.29) is 23.5 Å². The van der Waals surface area contributed by atoms with Crippen molar-refractivity contribution in [1.82, 2.24) is 4.90 Å². The highest BCUT2D eigenvalue weighted by molar-refractivity contribution is 7.12. The summed E-state index contributed by atoms with van der Waals surface area (Å²) in [5.41, 5.74) is 1.18. The quantitative estimate of drug-likeness (QED) is 0.854. The van der Waals surface area contributed by atoms with E-state index in [1.165, 1.54) is 18.3 Å². The Labute approximate surface area is 150 Å². The zero-order chi connectivity index (χ0) is 17.8. The van der Waals surface area contributed by atoms with E-state index in [0.29, 0.717) is 29.2 Å². The van der Waals surface area contributed by atoms with Crippen LogP contribution in [0.1, 0.15) is 39.8 Å². The third-order valence-corrected chi connectivity index (χ3v) is 5.21. The van der Waals surface area contributed by atoms with Crippen molar-refractivity contribution in [2.75, 3.05) is 18.4 Å². The van der Waals surface area contributed by atoms with Crippen LogP contribution in [-0.4, -0.2) is 35.6 Å². The number of likely N-dealkylation sites (tertiary alicyclic amines) is 1. The van der Waals surface area contributed by atoms with Gasteiger partial charge in [-0.2, -0.15) is 0 Å². The molecule has 2 amide bonds. The molecule has 0 radical (unpaired) electrons. The summed E-state index contributed by atoms with van der Waals surface area (Å²) >= 11 is 1.42. The molecule has 0 saturated carbocycles. The summed E-state index contributed by atoms with van der Waals surface area (Å²) in [6.07, 6.45) is 1.56. The summed E-state index contributed by atoms with van der Waals surface area (Å²) in [7, 11) is 0. The minimum absolute atomic E-state index is 0.00826. The normalized spacial score (nSPS) is 17.2. The molecule has 2 heterocycles. The summed E-state index contributed by atoms with van der Waals surface area (Å²) < 4.78 is 0. The first kappa shape index (κ1) is 17.4. The highest BCUT2D eigenvalue weighted by atomic mass is 32.1. The Morgan fingerprint density at radius 1 is 1.20 bits per heavy atom. The molecule has 1 aliphatic heterocycles. The van der Waals surface area contributed by atoms with Gasteiger partial charge in [0.2, 0.25) is 5.91 Å². The van der Waals surface area contributed by atoms with Crippen LogP contribution in [0.2, 0.25) is 0 Å². The zero-order valence-electron chi connectivity index (χ0n) is 14.0. The van der Waals surface area contributed by atoms with Crippen LogP contribution in [0.3, 0.4) is 0 Å². The van der Waals surface area contributed by atoms with Crippen LogP contribution in [0.15, 0.2) is 41.8 Å². The van der Waals surface area contributed by atoms with Gasteiger partial charge in [-0.15, -0.1) is 11.3 Å². The minimum Gasteiger partial charge on any atom is -0.337 e. The number of hydrogen-bond donors (Lipinski definition) is 1. The molecule has 0 aliphatic carbocycles. The van der Waals surface area contributed by atoms with Gasteiger partial charge in [0.15, 0.2) is 5.78 Å². The fraction of sp³-hybridized carbons (Fsp3) is 0.316. The molecule has 25 heavy (non-hydrogen) atoms. The number of Topliss-reactive ketones (excluding diaryl/α,β-unsaturated/α-hetero) is 1. The first-order valence-electron chi connectivity index (χ1n) is 8.29. The van der Waals surface area contributed by atoms with Crippen LogP contribution in [0, 0.1) is 5.92 Å². The van der Waals surface area contributed by atoms with Crippen molar-refractivity contribution in [3.8, 4) is 0 Å². The second-order valence-corrected chi connectivity index (χ2v) is 7.14. The third kappa shape index (κ3) is 4.14. The van der Waals surface area contributed by atoms with Crippen LogP contribution in [0.25, 0.3) is 0 Å². The summed E-state index contributed by atoms with van der Waals surface area (Å²) in [6, 6.07) is 10.6. The summed E-state index contributed by atoms with van der Waals surface area (Å²) in [6.45, 7) is 2.60. The van der Waals surface area contributed by atoms with E-state index in [0.717, 1.165) is 12.8 Å². The van der Waals surface area contributed by atoms with Gasteiger partial charge in [0.05, 0.1) is 10.8 Å². The lowest BCUT2D eigenvalue weighted by atomic mass is 9.96. The van der Waals surface area contributed by atoms with Gasteiger partial charge in [-0.3, -0.25) is 14.4 Å². The van der Waals surface area contributed by atoms with Gasteiger partial charge >= 0.3 is 0 Å². The van der Waals surface area contributed by atoms with Crippen LogP contribution in [-0.2, 0) is 4.79 Å². The first-order valence-corrected chi connectivity index (χ1v) is 9.17. The van der Waals surface area contributed by atoms with Gasteiger partial charge in [-0.1, -0.05) is 18.2 Å². The van der Waals surface area contributed by atoms with Crippen molar-refractivity contribution in [2.45, 2.75) is 19.8 Å². The van der Waals surface area contributed by atoms with E-state index in [1.54, 1.807) is 29.2 Å². The molecule has 1 aliphatic rings. The molecule has 1 atom stereocenters. The molecule has 2 aromatic rings. The van der Waals surface area contributed by atoms with Gasteiger partial charge in [-0.25, -0.2) is 0 Å². The molecular weight excluding hydrogens is 336 g/mol. The summed E-state index contributed by atoms with van der Waals surface area (Å²) in [5.74, 6) is -0.393. The van der Waals surface area contributed by atoms with Gasteiger partial charge in [0, 0.05) is 24.3 Å². The number of anilines is 1. The van der Waals surface area contributed by atoms with Crippen molar-refractivity contribution in [3.05, 3.63) is 52.2 Å². The molecule has 1 aromatic carbocycles. The molecule has 6 heteroatoms. The Balaban J connectivity index is 1.65. The standard InChI is InChI=1S/C19H20N2O3S/c1-13(22)14-5-2-7-16(11-14)20-18(23)15-6-3-9-21(12-15)19(24)17-8-4-10-25-17/h2,4-5,7-8,10-11,15H,3,6,9,12H2,1H3,(H,20,23)/t15-/m0/s1. The minimum atomic E-state index is -0.237. The average Bonchev–Trinajstić information content (AvgIpc) is 3.16. The van der Waals surface area contributed by atoms with Crippen molar-refractivity contribution < 1.29 is 14.4 Å². The van der Waals surface area contributed by atoms with Gasteiger partial charge in [0.1, 0.15) is 0 Å². The number of carbonyl (C=O) groups is 3. The topological polar surface area (TPSA) is 66.5 Å². The summed E-state index contributed by atoms with van der Waals surface area (Å²) in [5, 5.41) is 4.75. The fourth-order valence-electron chi connectivity index (χ4n) is 2.99. The molecular formula is C19H20N2O3S. The number of benzene rings is 1. The molecule has 0 bridgehead atoms. The maximum Gasteiger partial charge on any atom is 0.263 e. The van der Waals surface area contributed by atoms with E-state index in [4.69, 9.17) is 0 Å². The monoisotopic (exact) mass is 356 g/mol. The predicted octanol–water partition coefficient (Wildman–Crippen LogP) is 3.44. The average molecular weight is 356 g/mol. The van der Waals surface area contributed by atoms with Crippen molar-refractivity contribution in [3.63, 3.8) is 0 Å². The Hall–Kier alpha value is -2.47. The number of thiophene rings is 1.